The molecule has 86 valence electrons. The fourth-order valence-corrected chi connectivity index (χ4v) is 2.57. The molecule has 2 rings (SSSR count). The SMILES string of the molecule is CC(=O)c1csc(N2CCNC(=O)C2C)n1. The zero-order chi connectivity index (χ0) is 11.7. The normalized spacial score (nSPS) is 20.8. The lowest BCUT2D eigenvalue weighted by Gasteiger charge is -2.32. The Morgan fingerprint density at radius 2 is 2.44 bits per heavy atom. The summed E-state index contributed by atoms with van der Waals surface area (Å²) in [6.45, 7) is 4.68. The molecule has 0 bridgehead atoms. The van der Waals surface area contributed by atoms with Gasteiger partial charge < -0.3 is 10.2 Å². The molecule has 0 radical (unpaired) electrons. The summed E-state index contributed by atoms with van der Waals surface area (Å²) in [5, 5.41) is 5.27. The van der Waals surface area contributed by atoms with Crippen molar-refractivity contribution in [1.29, 1.82) is 0 Å². The van der Waals surface area contributed by atoms with E-state index in [-0.39, 0.29) is 17.7 Å². The Hall–Kier alpha value is -1.43. The van der Waals surface area contributed by atoms with Gasteiger partial charge in [0.05, 0.1) is 0 Å². The smallest absolute Gasteiger partial charge is 0.242 e. The van der Waals surface area contributed by atoms with Crippen LogP contribution in [0, 0.1) is 0 Å². The van der Waals surface area contributed by atoms with E-state index in [2.05, 4.69) is 10.3 Å². The largest absolute Gasteiger partial charge is 0.353 e. The number of aromatic nitrogens is 1. The van der Waals surface area contributed by atoms with E-state index >= 15 is 0 Å². The topological polar surface area (TPSA) is 62.3 Å². The third-order valence-electron chi connectivity index (χ3n) is 2.60. The van der Waals surface area contributed by atoms with Crippen molar-refractivity contribution in [3.8, 4) is 0 Å². The molecule has 0 spiro atoms. The lowest BCUT2D eigenvalue weighted by molar-refractivity contribution is -0.122. The van der Waals surface area contributed by atoms with E-state index in [1.54, 1.807) is 5.38 Å². The Kier molecular flexibility index (Phi) is 2.91. The van der Waals surface area contributed by atoms with Gasteiger partial charge in [-0.2, -0.15) is 0 Å². The molecule has 1 atom stereocenters. The van der Waals surface area contributed by atoms with Gasteiger partial charge in [-0.15, -0.1) is 11.3 Å². The van der Waals surface area contributed by atoms with Crippen molar-refractivity contribution in [1.82, 2.24) is 10.3 Å². The van der Waals surface area contributed by atoms with Crippen molar-refractivity contribution in [2.75, 3.05) is 18.0 Å². The molecule has 5 nitrogen and oxygen atoms in total. The van der Waals surface area contributed by atoms with Crippen molar-refractivity contribution in [2.45, 2.75) is 19.9 Å². The molecule has 0 aliphatic carbocycles. The molecule has 1 N–H and O–H groups in total. The molecule has 1 fully saturated rings. The molecular formula is C10H13N3O2S. The van der Waals surface area contributed by atoms with Crippen LogP contribution in [-0.2, 0) is 4.79 Å². The van der Waals surface area contributed by atoms with Crippen molar-refractivity contribution in [2.24, 2.45) is 0 Å². The predicted molar refractivity (Wildman–Crippen MR) is 61.9 cm³/mol. The summed E-state index contributed by atoms with van der Waals surface area (Å²) in [6.07, 6.45) is 0. The van der Waals surface area contributed by atoms with E-state index in [9.17, 15) is 9.59 Å². The lowest BCUT2D eigenvalue weighted by Crippen LogP contribution is -2.54. The van der Waals surface area contributed by atoms with Gasteiger partial charge in [0.25, 0.3) is 0 Å². The van der Waals surface area contributed by atoms with Crippen LogP contribution in [0.5, 0.6) is 0 Å². The van der Waals surface area contributed by atoms with Gasteiger partial charge in [0, 0.05) is 25.4 Å². The van der Waals surface area contributed by atoms with Crippen LogP contribution in [-0.4, -0.2) is 35.8 Å². The molecule has 0 saturated carbocycles. The first-order valence-electron chi connectivity index (χ1n) is 5.10. The molecule has 1 aliphatic rings. The first-order chi connectivity index (χ1) is 7.59. The third-order valence-corrected chi connectivity index (χ3v) is 3.48. The standard InChI is InChI=1S/C10H13N3O2S/c1-6-9(15)11-3-4-13(6)10-12-8(5-16-10)7(2)14/h5-6H,3-4H2,1-2H3,(H,11,15). The number of rotatable bonds is 2. The van der Waals surface area contributed by atoms with Gasteiger partial charge in [-0.05, 0) is 6.92 Å². The van der Waals surface area contributed by atoms with Gasteiger partial charge in [-0.1, -0.05) is 0 Å². The number of amides is 1. The Balaban J connectivity index is 2.22. The zero-order valence-electron chi connectivity index (χ0n) is 9.19. The molecule has 1 aromatic rings. The number of thiazole rings is 1. The summed E-state index contributed by atoms with van der Waals surface area (Å²) in [5.41, 5.74) is 0.471. The average molecular weight is 239 g/mol. The van der Waals surface area contributed by atoms with E-state index in [1.165, 1.54) is 18.3 Å². The Morgan fingerprint density at radius 3 is 3.06 bits per heavy atom. The maximum absolute atomic E-state index is 11.5. The highest BCUT2D eigenvalue weighted by Gasteiger charge is 2.27. The van der Waals surface area contributed by atoms with Crippen LogP contribution in [0.4, 0.5) is 5.13 Å². The number of carbonyl (C=O) groups is 2. The lowest BCUT2D eigenvalue weighted by atomic mass is 10.2. The van der Waals surface area contributed by atoms with Crippen LogP contribution in [0.1, 0.15) is 24.3 Å². The highest BCUT2D eigenvalue weighted by atomic mass is 32.1. The molecule has 1 unspecified atom stereocenters. The van der Waals surface area contributed by atoms with Crippen LogP contribution < -0.4 is 10.2 Å². The molecule has 1 aliphatic heterocycles. The van der Waals surface area contributed by atoms with Crippen LogP contribution in [0.3, 0.4) is 0 Å². The van der Waals surface area contributed by atoms with E-state index < -0.39 is 0 Å². The fraction of sp³-hybridized carbons (Fsp3) is 0.500. The highest BCUT2D eigenvalue weighted by molar-refractivity contribution is 7.14. The minimum absolute atomic E-state index is 0.00539. The van der Waals surface area contributed by atoms with Gasteiger partial charge in [-0.3, -0.25) is 9.59 Å². The zero-order valence-corrected chi connectivity index (χ0v) is 10.0. The van der Waals surface area contributed by atoms with Crippen LogP contribution in [0.2, 0.25) is 0 Å². The number of nitrogens with zero attached hydrogens (tertiary/aromatic N) is 2. The highest BCUT2D eigenvalue weighted by Crippen LogP contribution is 2.23. The second kappa shape index (κ2) is 4.21. The minimum Gasteiger partial charge on any atom is -0.353 e. The number of hydrogen-bond acceptors (Lipinski definition) is 5. The number of Topliss-reactive ketones (excluding diaryl/α,β-unsaturated/α-hetero) is 1. The second-order valence-electron chi connectivity index (χ2n) is 3.73. The van der Waals surface area contributed by atoms with Crippen molar-refractivity contribution < 1.29 is 9.59 Å². The number of ketones is 1. The second-order valence-corrected chi connectivity index (χ2v) is 4.57. The number of nitrogens with one attached hydrogen (secondary N) is 1. The summed E-state index contributed by atoms with van der Waals surface area (Å²) >= 11 is 1.40. The number of carbonyl (C=O) groups excluding carboxylic acids is 2. The molecule has 1 aromatic heterocycles. The maximum atomic E-state index is 11.5. The van der Waals surface area contributed by atoms with Crippen LogP contribution in [0.25, 0.3) is 0 Å². The first kappa shape index (κ1) is 11.1. The van der Waals surface area contributed by atoms with E-state index in [1.807, 2.05) is 11.8 Å². The van der Waals surface area contributed by atoms with Crippen molar-refractivity contribution in [3.63, 3.8) is 0 Å². The molecular weight excluding hydrogens is 226 g/mol. The number of hydrogen-bond donors (Lipinski definition) is 1. The molecule has 1 amide bonds. The van der Waals surface area contributed by atoms with Gasteiger partial charge in [-0.25, -0.2) is 4.98 Å². The van der Waals surface area contributed by atoms with Crippen LogP contribution >= 0.6 is 11.3 Å². The van der Waals surface area contributed by atoms with Crippen molar-refractivity contribution >= 4 is 28.2 Å². The monoisotopic (exact) mass is 239 g/mol. The summed E-state index contributed by atoms with van der Waals surface area (Å²) in [6, 6.07) is -0.222. The molecule has 16 heavy (non-hydrogen) atoms. The summed E-state index contributed by atoms with van der Waals surface area (Å²) < 4.78 is 0. The summed E-state index contributed by atoms with van der Waals surface area (Å²) in [5.74, 6) is -0.0394. The fourth-order valence-electron chi connectivity index (χ4n) is 1.60. The van der Waals surface area contributed by atoms with Crippen LogP contribution in [0.15, 0.2) is 5.38 Å². The molecule has 0 aromatic carbocycles. The Labute approximate surface area is 97.5 Å². The minimum atomic E-state index is -0.222. The van der Waals surface area contributed by atoms with Gasteiger partial charge in [0.1, 0.15) is 11.7 Å². The average Bonchev–Trinajstić information content (AvgIpc) is 2.71. The predicted octanol–water partition coefficient (Wildman–Crippen LogP) is 0.670. The Morgan fingerprint density at radius 1 is 1.69 bits per heavy atom. The van der Waals surface area contributed by atoms with Gasteiger partial charge in [0.2, 0.25) is 5.91 Å². The first-order valence-corrected chi connectivity index (χ1v) is 5.98. The molecule has 6 heteroatoms. The van der Waals surface area contributed by atoms with Gasteiger partial charge >= 0.3 is 0 Å². The summed E-state index contributed by atoms with van der Waals surface area (Å²) in [4.78, 5) is 28.8. The van der Waals surface area contributed by atoms with E-state index in [0.29, 0.717) is 12.2 Å². The van der Waals surface area contributed by atoms with E-state index in [4.69, 9.17) is 0 Å². The summed E-state index contributed by atoms with van der Waals surface area (Å²) in [7, 11) is 0. The Bertz CT molecular complexity index is 429. The number of anilines is 1. The van der Waals surface area contributed by atoms with Crippen molar-refractivity contribution in [3.05, 3.63) is 11.1 Å². The van der Waals surface area contributed by atoms with Gasteiger partial charge in [0.15, 0.2) is 10.9 Å². The number of piperazine rings is 1. The maximum Gasteiger partial charge on any atom is 0.242 e. The molecule has 2 heterocycles. The van der Waals surface area contributed by atoms with E-state index in [0.717, 1.165) is 11.7 Å². The third kappa shape index (κ3) is 1.92. The molecule has 1 saturated heterocycles. The quantitative estimate of drug-likeness (QED) is 0.771.